The Labute approximate surface area is 230 Å². The number of ether oxygens (including phenoxy) is 1. The van der Waals surface area contributed by atoms with Crippen LogP contribution in [-0.4, -0.2) is 41.6 Å². The number of phenols is 2. The van der Waals surface area contributed by atoms with Crippen molar-refractivity contribution in [3.8, 4) is 39.5 Å². The Hall–Kier alpha value is -3.71. The van der Waals surface area contributed by atoms with Gasteiger partial charge in [-0.3, -0.25) is 0 Å². The van der Waals surface area contributed by atoms with Gasteiger partial charge in [-0.05, 0) is 41.5 Å². The van der Waals surface area contributed by atoms with Gasteiger partial charge in [-0.1, -0.05) is 36.4 Å². The van der Waals surface area contributed by atoms with Crippen LogP contribution >= 0.6 is 0 Å². The van der Waals surface area contributed by atoms with Gasteiger partial charge in [0.1, 0.15) is 11.5 Å². The van der Waals surface area contributed by atoms with Crippen LogP contribution in [0.4, 0.5) is 11.5 Å². The maximum atomic E-state index is 9.81. The Morgan fingerprint density at radius 1 is 0.737 bits per heavy atom. The van der Waals surface area contributed by atoms with Gasteiger partial charge in [0.15, 0.2) is 0 Å². The summed E-state index contributed by atoms with van der Waals surface area (Å²) in [5.41, 5.74) is 5.70. The zero-order valence-electron chi connectivity index (χ0n) is 21.7. The van der Waals surface area contributed by atoms with E-state index in [1.54, 1.807) is 24.3 Å². The molecule has 0 aliphatic rings. The number of aromatic hydroxyl groups is 2. The molecule has 5 rings (SSSR count). The summed E-state index contributed by atoms with van der Waals surface area (Å²) in [5, 5.41) is 24.0. The normalized spacial score (nSPS) is 11.1. The molecule has 0 radical (unpaired) electrons. The molecule has 5 nitrogen and oxygen atoms in total. The molecule has 192 valence electrons. The molecule has 0 atom stereocenters. The van der Waals surface area contributed by atoms with Crippen molar-refractivity contribution in [1.29, 1.82) is 0 Å². The van der Waals surface area contributed by atoms with Crippen molar-refractivity contribution in [2.45, 2.75) is 20.7 Å². The van der Waals surface area contributed by atoms with Crippen molar-refractivity contribution in [3.63, 3.8) is 0 Å². The molecule has 0 spiro atoms. The second kappa shape index (κ2) is 11.8. The third-order valence-corrected chi connectivity index (χ3v) is 11.0. The van der Waals surface area contributed by atoms with Crippen molar-refractivity contribution in [3.05, 3.63) is 97.1 Å². The fourth-order valence-corrected chi connectivity index (χ4v) is 7.22. The number of phenolic OH excluding ortho intramolecular Hbond substituents is 2. The molecular weight excluding hydrogens is 579 g/mol. The van der Waals surface area contributed by atoms with Gasteiger partial charge in [0, 0.05) is 5.39 Å². The molecule has 6 heteroatoms. The quantitative estimate of drug-likeness (QED) is 0.117. The van der Waals surface area contributed by atoms with Gasteiger partial charge in [0.25, 0.3) is 0 Å². The summed E-state index contributed by atoms with van der Waals surface area (Å²) >= 11 is -1.17. The van der Waals surface area contributed by atoms with Crippen LogP contribution in [0.5, 0.6) is 17.2 Å². The molecule has 0 unspecified atom stereocenters. The number of aromatic nitrogens is 1. The molecule has 3 N–H and O–H groups in total. The summed E-state index contributed by atoms with van der Waals surface area (Å²) in [7, 11) is 0. The second-order valence-electron chi connectivity index (χ2n) is 9.92. The topological polar surface area (TPSA) is 74.6 Å². The second-order valence-corrected chi connectivity index (χ2v) is 19.5. The predicted octanol–water partition coefficient (Wildman–Crippen LogP) is 7.98. The summed E-state index contributed by atoms with van der Waals surface area (Å²) < 4.78 is 7.30. The maximum absolute atomic E-state index is 9.81. The SMILES string of the molecule is [CH3][SnH]([CH3])[CH2]CCOc1ccc(Nc2nc3cc(-c4ccc(O)cc4)ccc3cc2-c2ccc(O)cc2)cc1. The van der Waals surface area contributed by atoms with Crippen molar-refractivity contribution in [2.75, 3.05) is 11.9 Å². The molecule has 0 aliphatic carbocycles. The molecule has 0 fully saturated rings. The van der Waals surface area contributed by atoms with Crippen molar-refractivity contribution >= 4 is 42.2 Å². The van der Waals surface area contributed by atoms with Crippen LogP contribution in [0.1, 0.15) is 6.42 Å². The van der Waals surface area contributed by atoms with E-state index >= 15 is 0 Å². The summed E-state index contributed by atoms with van der Waals surface area (Å²) in [4.78, 5) is 9.89. The fraction of sp³-hybridized carbons (Fsp3) is 0.156. The predicted molar refractivity (Wildman–Crippen MR) is 159 cm³/mol. The number of nitrogens with zero attached hydrogens (tertiary/aromatic N) is 1. The molecular formula is C32H32N2O3Sn. The Morgan fingerprint density at radius 2 is 1.37 bits per heavy atom. The van der Waals surface area contributed by atoms with Gasteiger partial charge < -0.3 is 10.2 Å². The molecule has 4 aromatic carbocycles. The first-order valence-electron chi connectivity index (χ1n) is 13.0. The zero-order chi connectivity index (χ0) is 26.5. The van der Waals surface area contributed by atoms with Crippen LogP contribution in [0.2, 0.25) is 14.3 Å². The molecule has 0 amide bonds. The zero-order valence-corrected chi connectivity index (χ0v) is 25.0. The molecule has 0 saturated heterocycles. The van der Waals surface area contributed by atoms with Crippen molar-refractivity contribution < 1.29 is 14.9 Å². The van der Waals surface area contributed by atoms with Gasteiger partial charge in [-0.25, -0.2) is 0 Å². The number of fused-ring (bicyclic) bond motifs is 1. The van der Waals surface area contributed by atoms with Crippen molar-refractivity contribution in [2.24, 2.45) is 0 Å². The number of rotatable bonds is 9. The van der Waals surface area contributed by atoms with Gasteiger partial charge >= 0.3 is 126 Å². The Balaban J connectivity index is 1.46. The first-order valence-corrected chi connectivity index (χ1v) is 21.9. The van der Waals surface area contributed by atoms with Crippen LogP contribution in [0, 0.1) is 0 Å². The number of nitrogens with one attached hydrogen (secondary N) is 1. The first-order chi connectivity index (χ1) is 18.4. The molecule has 0 bridgehead atoms. The van der Waals surface area contributed by atoms with Gasteiger partial charge in [-0.15, -0.1) is 0 Å². The Bertz CT molecular complexity index is 1520. The molecule has 38 heavy (non-hydrogen) atoms. The van der Waals surface area contributed by atoms with Crippen LogP contribution < -0.4 is 10.1 Å². The Morgan fingerprint density at radius 3 is 2.03 bits per heavy atom. The van der Waals surface area contributed by atoms with Crippen LogP contribution in [0.15, 0.2) is 97.1 Å². The van der Waals surface area contributed by atoms with Gasteiger partial charge in [0.2, 0.25) is 0 Å². The minimum atomic E-state index is -1.17. The summed E-state index contributed by atoms with van der Waals surface area (Å²) in [6.45, 7) is 0.766. The van der Waals surface area contributed by atoms with Gasteiger partial charge in [0.05, 0.1) is 0 Å². The molecule has 0 saturated carbocycles. The molecule has 1 aromatic heterocycles. The monoisotopic (exact) mass is 612 g/mol. The third kappa shape index (κ3) is 6.40. The fourth-order valence-electron chi connectivity index (χ4n) is 4.41. The standard InChI is InChI=1S/C30H25N2O3.2CH3.Sn.H/c1-2-17-35-27-15-9-24(10-16-27)31-30-28(21-7-13-26(34)14-8-21)18-23-4-3-22(19-29(23)32-30)20-5-11-25(33)12-6-20;;;;/h3-16,18-19,33-34H,1-2,17H2,(H,31,32);2*1H3;;. The first kappa shape index (κ1) is 25.9. The van der Waals surface area contributed by atoms with E-state index in [1.165, 1.54) is 4.44 Å². The number of pyridine rings is 1. The van der Waals surface area contributed by atoms with E-state index in [1.807, 2.05) is 48.5 Å². The minimum absolute atomic E-state index is 0.225. The average molecular weight is 611 g/mol. The van der Waals surface area contributed by atoms with Gasteiger partial charge in [-0.2, -0.15) is 0 Å². The molecule has 1 heterocycles. The number of anilines is 2. The average Bonchev–Trinajstić information content (AvgIpc) is 2.92. The van der Waals surface area contributed by atoms with E-state index in [-0.39, 0.29) is 11.5 Å². The van der Waals surface area contributed by atoms with E-state index in [0.29, 0.717) is 0 Å². The molecule has 5 aromatic rings. The number of hydrogen-bond donors (Lipinski definition) is 3. The number of hydrogen-bond acceptors (Lipinski definition) is 5. The van der Waals surface area contributed by atoms with E-state index in [4.69, 9.17) is 9.72 Å². The Kier molecular flexibility index (Phi) is 8.03. The van der Waals surface area contributed by atoms with Crippen molar-refractivity contribution in [1.82, 2.24) is 4.98 Å². The summed E-state index contributed by atoms with van der Waals surface area (Å²) in [6.07, 6.45) is 1.14. The summed E-state index contributed by atoms with van der Waals surface area (Å²) in [5.74, 6) is 2.07. The molecule has 0 aliphatic heterocycles. The van der Waals surface area contributed by atoms with Crippen LogP contribution in [0.25, 0.3) is 33.2 Å². The van der Waals surface area contributed by atoms with Crippen LogP contribution in [-0.2, 0) is 0 Å². The third-order valence-electron chi connectivity index (χ3n) is 6.51. The van der Waals surface area contributed by atoms with E-state index in [2.05, 4.69) is 39.5 Å². The van der Waals surface area contributed by atoms with E-state index < -0.39 is 19.8 Å². The van der Waals surface area contributed by atoms with E-state index in [0.717, 1.165) is 63.4 Å². The van der Waals surface area contributed by atoms with E-state index in [9.17, 15) is 10.2 Å². The van der Waals surface area contributed by atoms with Crippen LogP contribution in [0.3, 0.4) is 0 Å². The number of benzene rings is 4. The summed E-state index contributed by atoms with van der Waals surface area (Å²) in [6, 6.07) is 30.6.